The highest BCUT2D eigenvalue weighted by Crippen LogP contribution is 2.24. The van der Waals surface area contributed by atoms with Crippen LogP contribution in [0, 0.1) is 5.41 Å². The summed E-state index contributed by atoms with van der Waals surface area (Å²) < 4.78 is 4.86. The second-order valence-electron chi connectivity index (χ2n) is 5.01. The molecule has 1 heterocycles. The van der Waals surface area contributed by atoms with E-state index in [1.165, 1.54) is 26.0 Å². The Kier molecular flexibility index (Phi) is 3.01. The number of Topliss-reactive ketones (excluding diaryl/α,β-unsaturated/α-hetero) is 1. The second-order valence-corrected chi connectivity index (χ2v) is 5.01. The lowest BCUT2D eigenvalue weighted by atomic mass is 9.86. The van der Waals surface area contributed by atoms with Crippen LogP contribution in [-0.4, -0.2) is 21.8 Å². The minimum absolute atomic E-state index is 0.123. The summed E-state index contributed by atoms with van der Waals surface area (Å²) in [4.78, 5) is 36.5. The minimum atomic E-state index is -1.13. The molecular formula is C13H13NO5. The smallest absolute Gasteiger partial charge is 0.417 e. The molecule has 0 spiro atoms. The van der Waals surface area contributed by atoms with Gasteiger partial charge in [0.25, 0.3) is 0 Å². The van der Waals surface area contributed by atoms with E-state index in [-0.39, 0.29) is 17.8 Å². The van der Waals surface area contributed by atoms with Gasteiger partial charge in [-0.05, 0) is 32.0 Å². The highest BCUT2D eigenvalue weighted by Gasteiger charge is 2.30. The van der Waals surface area contributed by atoms with Crippen molar-refractivity contribution >= 4 is 22.9 Å². The van der Waals surface area contributed by atoms with E-state index in [9.17, 15) is 14.4 Å². The first-order chi connectivity index (χ1) is 8.79. The molecule has 100 valence electrons. The Hall–Kier alpha value is -2.37. The van der Waals surface area contributed by atoms with E-state index in [1.807, 2.05) is 0 Å². The molecular weight excluding hydrogens is 250 g/mol. The Morgan fingerprint density at radius 3 is 2.68 bits per heavy atom. The fourth-order valence-corrected chi connectivity index (χ4v) is 1.70. The van der Waals surface area contributed by atoms with Crippen molar-refractivity contribution in [3.63, 3.8) is 0 Å². The Morgan fingerprint density at radius 2 is 2.05 bits per heavy atom. The summed E-state index contributed by atoms with van der Waals surface area (Å²) in [6, 6.07) is 4.53. The maximum atomic E-state index is 12.0. The molecule has 0 bridgehead atoms. The SMILES string of the molecule is CC(C)(CC(=O)c1ccc2[nH]c(=O)oc2c1)C(=O)O. The molecule has 0 aliphatic heterocycles. The lowest BCUT2D eigenvalue weighted by Gasteiger charge is -2.17. The van der Waals surface area contributed by atoms with Crippen LogP contribution in [0.15, 0.2) is 27.4 Å². The average molecular weight is 263 g/mol. The van der Waals surface area contributed by atoms with E-state index < -0.39 is 17.1 Å². The summed E-state index contributed by atoms with van der Waals surface area (Å²) in [5.41, 5.74) is -0.0296. The van der Waals surface area contributed by atoms with Gasteiger partial charge in [0, 0.05) is 12.0 Å². The van der Waals surface area contributed by atoms with Crippen LogP contribution in [0.5, 0.6) is 0 Å². The number of hydrogen-bond acceptors (Lipinski definition) is 4. The molecule has 0 aliphatic carbocycles. The van der Waals surface area contributed by atoms with Crippen molar-refractivity contribution in [2.24, 2.45) is 5.41 Å². The monoisotopic (exact) mass is 263 g/mol. The highest BCUT2D eigenvalue weighted by molar-refractivity contribution is 6.00. The number of rotatable bonds is 4. The summed E-state index contributed by atoms with van der Waals surface area (Å²) >= 11 is 0. The number of hydrogen-bond donors (Lipinski definition) is 2. The summed E-state index contributed by atoms with van der Waals surface area (Å²) in [7, 11) is 0. The second kappa shape index (κ2) is 4.38. The Morgan fingerprint density at radius 1 is 1.37 bits per heavy atom. The molecule has 6 nitrogen and oxygen atoms in total. The van der Waals surface area contributed by atoms with Gasteiger partial charge in [0.2, 0.25) is 0 Å². The molecule has 0 atom stereocenters. The topological polar surface area (TPSA) is 100 Å². The molecule has 0 radical (unpaired) electrons. The van der Waals surface area contributed by atoms with Gasteiger partial charge in [-0.2, -0.15) is 0 Å². The lowest BCUT2D eigenvalue weighted by Crippen LogP contribution is -2.26. The molecule has 19 heavy (non-hydrogen) atoms. The number of aromatic amines is 1. The molecule has 0 unspecified atom stereocenters. The molecule has 1 aromatic carbocycles. The van der Waals surface area contributed by atoms with Crippen molar-refractivity contribution in [3.8, 4) is 0 Å². The molecule has 0 saturated heterocycles. The average Bonchev–Trinajstić information content (AvgIpc) is 2.66. The van der Waals surface area contributed by atoms with E-state index in [4.69, 9.17) is 9.52 Å². The molecule has 0 saturated carbocycles. The lowest BCUT2D eigenvalue weighted by molar-refractivity contribution is -0.146. The molecule has 6 heteroatoms. The van der Waals surface area contributed by atoms with E-state index in [0.717, 1.165) is 0 Å². The van der Waals surface area contributed by atoms with Gasteiger partial charge >= 0.3 is 11.7 Å². The third-order valence-corrected chi connectivity index (χ3v) is 2.92. The van der Waals surface area contributed by atoms with Crippen LogP contribution in [0.1, 0.15) is 30.6 Å². The maximum absolute atomic E-state index is 12.0. The number of carboxylic acid groups (broad SMARTS) is 1. The Bertz CT molecular complexity index is 707. The van der Waals surface area contributed by atoms with E-state index in [0.29, 0.717) is 11.1 Å². The third kappa shape index (κ3) is 2.57. The largest absolute Gasteiger partial charge is 0.481 e. The van der Waals surface area contributed by atoms with E-state index in [2.05, 4.69) is 4.98 Å². The van der Waals surface area contributed by atoms with Crippen molar-refractivity contribution in [3.05, 3.63) is 34.3 Å². The van der Waals surface area contributed by atoms with E-state index in [1.54, 1.807) is 6.07 Å². The molecule has 0 aliphatic rings. The number of carbonyl (C=O) groups excluding carboxylic acids is 1. The van der Waals surface area contributed by atoms with Gasteiger partial charge in [0.1, 0.15) is 0 Å². The highest BCUT2D eigenvalue weighted by atomic mass is 16.4. The number of aliphatic carboxylic acids is 1. The van der Waals surface area contributed by atoms with Crippen LogP contribution >= 0.6 is 0 Å². The first-order valence-corrected chi connectivity index (χ1v) is 5.69. The fraction of sp³-hybridized carbons (Fsp3) is 0.308. The number of ketones is 1. The summed E-state index contributed by atoms with van der Waals surface area (Å²) in [6.45, 7) is 2.98. The Balaban J connectivity index is 2.31. The zero-order valence-corrected chi connectivity index (χ0v) is 10.5. The summed E-state index contributed by atoms with van der Waals surface area (Å²) in [5, 5.41) is 9.00. The number of fused-ring (bicyclic) bond motifs is 1. The summed E-state index contributed by atoms with van der Waals surface area (Å²) in [5.74, 6) is -1.93. The molecule has 1 aromatic heterocycles. The van der Waals surface area contributed by atoms with Gasteiger partial charge in [-0.1, -0.05) is 0 Å². The van der Waals surface area contributed by atoms with Crippen LogP contribution in [0.2, 0.25) is 0 Å². The predicted molar refractivity (Wildman–Crippen MR) is 67.2 cm³/mol. The maximum Gasteiger partial charge on any atom is 0.417 e. The third-order valence-electron chi connectivity index (χ3n) is 2.92. The Labute approximate surface area is 108 Å². The quantitative estimate of drug-likeness (QED) is 0.819. The zero-order chi connectivity index (χ0) is 14.2. The first-order valence-electron chi connectivity index (χ1n) is 5.69. The van der Waals surface area contributed by atoms with Crippen LogP contribution in [0.3, 0.4) is 0 Å². The van der Waals surface area contributed by atoms with Crippen molar-refractivity contribution in [2.45, 2.75) is 20.3 Å². The standard InChI is InChI=1S/C13H13NO5/c1-13(2,11(16)17)6-9(15)7-3-4-8-10(5-7)19-12(18)14-8/h3-5H,6H2,1-2H3,(H,14,18)(H,16,17). The van der Waals surface area contributed by atoms with Gasteiger partial charge in [0.15, 0.2) is 11.4 Å². The molecule has 2 rings (SSSR count). The van der Waals surface area contributed by atoms with Gasteiger partial charge in [-0.15, -0.1) is 0 Å². The van der Waals surface area contributed by atoms with Crippen molar-refractivity contribution in [1.29, 1.82) is 0 Å². The number of nitrogens with one attached hydrogen (secondary N) is 1. The minimum Gasteiger partial charge on any atom is -0.481 e. The fourth-order valence-electron chi connectivity index (χ4n) is 1.70. The number of benzene rings is 1. The van der Waals surface area contributed by atoms with Gasteiger partial charge in [-0.25, -0.2) is 4.79 Å². The summed E-state index contributed by atoms with van der Waals surface area (Å²) in [6.07, 6.45) is -0.123. The number of carbonyl (C=O) groups is 2. The van der Waals surface area contributed by atoms with Gasteiger partial charge in [-0.3, -0.25) is 14.6 Å². The molecule has 0 fully saturated rings. The first kappa shape index (κ1) is 13.1. The van der Waals surface area contributed by atoms with Gasteiger partial charge < -0.3 is 9.52 Å². The predicted octanol–water partition coefficient (Wildman–Crippen LogP) is 1.80. The van der Waals surface area contributed by atoms with Crippen LogP contribution in [-0.2, 0) is 4.79 Å². The van der Waals surface area contributed by atoms with Crippen LogP contribution < -0.4 is 5.76 Å². The molecule has 2 aromatic rings. The number of aromatic nitrogens is 1. The zero-order valence-electron chi connectivity index (χ0n) is 10.5. The van der Waals surface area contributed by atoms with Crippen LogP contribution in [0.4, 0.5) is 0 Å². The van der Waals surface area contributed by atoms with Crippen LogP contribution in [0.25, 0.3) is 11.1 Å². The number of H-pyrrole nitrogens is 1. The van der Waals surface area contributed by atoms with Gasteiger partial charge in [0.05, 0.1) is 10.9 Å². The van der Waals surface area contributed by atoms with Crippen molar-refractivity contribution < 1.29 is 19.1 Å². The van der Waals surface area contributed by atoms with E-state index >= 15 is 0 Å². The number of oxazole rings is 1. The molecule has 0 amide bonds. The van der Waals surface area contributed by atoms with Crippen molar-refractivity contribution in [2.75, 3.05) is 0 Å². The van der Waals surface area contributed by atoms with Crippen molar-refractivity contribution in [1.82, 2.24) is 4.98 Å². The molecule has 2 N–H and O–H groups in total. The normalized spacial score (nSPS) is 11.7. The number of carboxylic acids is 1.